The molecule has 41 heteroatoms. The van der Waals surface area contributed by atoms with Gasteiger partial charge in [-0.2, -0.15) is 0 Å². The highest BCUT2D eigenvalue weighted by molar-refractivity contribution is 8.13. The Hall–Kier alpha value is -9.35. The molecule has 3 heterocycles. The lowest BCUT2D eigenvalue weighted by Gasteiger charge is -2.11. The first-order chi connectivity index (χ1) is 51.6. The predicted octanol–water partition coefficient (Wildman–Crippen LogP) is 10.6. The quantitative estimate of drug-likeness (QED) is 0.0125. The summed E-state index contributed by atoms with van der Waals surface area (Å²) in [5.74, 6) is 1.37. The van der Waals surface area contributed by atoms with E-state index in [9.17, 15) is 53.9 Å². The molecule has 0 unspecified atom stereocenters. The van der Waals surface area contributed by atoms with E-state index < -0.39 is 61.8 Å². The van der Waals surface area contributed by atoms with Crippen molar-refractivity contribution in [3.63, 3.8) is 0 Å². The summed E-state index contributed by atoms with van der Waals surface area (Å²) in [6.07, 6.45) is 4.18. The van der Waals surface area contributed by atoms with E-state index in [-0.39, 0.29) is 28.6 Å². The molecule has 0 amide bonds. The maximum Gasteiger partial charge on any atom is 0.492 e. The van der Waals surface area contributed by atoms with E-state index in [1.165, 1.54) is 126 Å². The Labute approximate surface area is 664 Å². The van der Waals surface area contributed by atoms with Gasteiger partial charge in [-0.25, -0.2) is 76.5 Å². The maximum absolute atomic E-state index is 11.5. The van der Waals surface area contributed by atoms with Gasteiger partial charge in [0.15, 0.2) is 0 Å². The van der Waals surface area contributed by atoms with Crippen LogP contribution in [0.1, 0.15) is 22.3 Å². The average Bonchev–Trinajstić information content (AvgIpc) is 0.852. The number of halogens is 5. The molecule has 110 heavy (non-hydrogen) atoms. The minimum Gasteiger partial charge on any atom is -0.497 e. The minimum absolute atomic E-state index is 0.00889. The van der Waals surface area contributed by atoms with Gasteiger partial charge in [-0.05, 0) is 90.9 Å². The van der Waals surface area contributed by atoms with Crippen LogP contribution in [-0.2, 0) is 62.1 Å². The van der Waals surface area contributed by atoms with E-state index in [0.29, 0.717) is 65.5 Å². The smallest absolute Gasteiger partial charge is 0.492 e. The molecule has 0 radical (unpaired) electrons. The number of aromatic nitrogens is 6. The second kappa shape index (κ2) is 49.0. The second-order valence-electron chi connectivity index (χ2n) is 22.3. The normalized spacial score (nSPS) is 10.7. The van der Waals surface area contributed by atoms with Crippen molar-refractivity contribution in [1.29, 1.82) is 0 Å². The number of sulfonamides is 3. The molecule has 10 rings (SSSR count). The van der Waals surface area contributed by atoms with Crippen molar-refractivity contribution in [2.45, 2.75) is 23.0 Å². The number of para-hydroxylation sites is 3. The Bertz CT molecular complexity index is 4830. The number of non-ortho nitro benzene ring substituents is 2. The topological polar surface area (TPSA) is 442 Å². The van der Waals surface area contributed by atoms with E-state index in [0.717, 1.165) is 38.3 Å². The van der Waals surface area contributed by atoms with Gasteiger partial charge in [0.2, 0.25) is 39.1 Å². The number of nitrogens with zero attached hydrogens (tertiary/aromatic N) is 11. The summed E-state index contributed by atoms with van der Waals surface area (Å²) < 4.78 is 109. The molecule has 7 N–H and O–H groups in total. The number of anilines is 2. The summed E-state index contributed by atoms with van der Waals surface area (Å²) in [7, 11) is 7.50. The number of ether oxygens (including phenoxy) is 3. The van der Waals surface area contributed by atoms with Crippen molar-refractivity contribution in [2.24, 2.45) is 0 Å². The Kier molecular flexibility index (Phi) is 43.1. The minimum atomic E-state index is -3.67. The highest BCUT2D eigenvalue weighted by Crippen LogP contribution is 2.30. The molecule has 10 aromatic rings. The summed E-state index contributed by atoms with van der Waals surface area (Å²) in [5.41, 5.74) is 17.8. The number of nitrogens with one attached hydrogen (secondary N) is 1. The Morgan fingerprint density at radius 2 is 0.718 bits per heavy atom. The second-order valence-corrected chi connectivity index (χ2v) is 33.1. The van der Waals surface area contributed by atoms with Crippen LogP contribution in [0.15, 0.2) is 207 Å². The zero-order valence-corrected chi connectivity index (χ0v) is 68.2. The molecular formula is C69H82BCl5N14O17S4. The predicted molar refractivity (Wildman–Crippen MR) is 433 cm³/mol. The van der Waals surface area contributed by atoms with Gasteiger partial charge >= 0.3 is 7.12 Å². The molecule has 0 aliphatic heterocycles. The van der Waals surface area contributed by atoms with Crippen LogP contribution < -0.4 is 36.5 Å². The zero-order valence-electron chi connectivity index (χ0n) is 61.2. The largest absolute Gasteiger partial charge is 0.497 e. The molecule has 7 aromatic carbocycles. The van der Waals surface area contributed by atoms with Gasteiger partial charge in [0, 0.05) is 123 Å². The number of nitrogen functional groups attached to an aromatic ring is 2. The van der Waals surface area contributed by atoms with E-state index in [2.05, 4.69) is 35.2 Å². The van der Waals surface area contributed by atoms with Crippen molar-refractivity contribution in [2.75, 3.05) is 89.2 Å². The fourth-order valence-corrected chi connectivity index (χ4v) is 12.1. The fraction of sp³-hybridized carbons (Fsp3) is 0.217. The molecule has 3 aromatic heterocycles. The highest BCUT2D eigenvalue weighted by atomic mass is 35.7. The third-order valence-corrected chi connectivity index (χ3v) is 20.5. The molecule has 0 fully saturated rings. The Morgan fingerprint density at radius 3 is 0.991 bits per heavy atom. The number of nitro benzene ring substituents is 2. The van der Waals surface area contributed by atoms with Crippen molar-refractivity contribution < 1.29 is 67.8 Å². The molecule has 0 saturated carbocycles. The van der Waals surface area contributed by atoms with E-state index in [1.54, 1.807) is 105 Å². The molecule has 0 aliphatic rings. The molecule has 0 atom stereocenters. The molecule has 31 nitrogen and oxygen atoms in total. The van der Waals surface area contributed by atoms with E-state index in [1.807, 2.05) is 62.6 Å². The summed E-state index contributed by atoms with van der Waals surface area (Å²) >= 11 is 22.4. The lowest BCUT2D eigenvalue weighted by atomic mass is 9.80. The molecular weight excluding hydrogens is 1610 g/mol. The molecule has 0 aliphatic carbocycles. The van der Waals surface area contributed by atoms with Crippen LogP contribution in [-0.4, -0.2) is 181 Å². The monoisotopic (exact) mass is 1690 g/mol. The zero-order chi connectivity index (χ0) is 83.0. The standard InChI is InChI=1S/2C11H9ClN2O.C9H12N2O4S.2C9H14N2O2S.C7H9BO3.C7H6ClNO4S.C4H2Cl2N2.C2H7N/c2*1-15-10-5-3-2-4-8(10)9-6-11(12)14-7-13-9;1-10(2)16(14,15)7-8-4-3-5-9(6-8)11(12)13;2*1-11(2)14(12,13)7-8-4-3-5-9(10)6-8;1-11-7-5-3-2-4-6(7)8(9)10;8-14(12,13)5-6-2-1-3-7(4-6)9(10)11;5-3-1-4(6)8-2-7-3;1-3-2/h2*2-7H,1H3;3-6H,7H2,1-2H3;2*3-6H,7,10H2,1-2H3;2-5,9-10H,1H3;1-4H,5H2;1-2H;3H,1-2H3. The third-order valence-electron chi connectivity index (χ3n) is 13.3. The Balaban J connectivity index is 0.000000427. The van der Waals surface area contributed by atoms with Crippen LogP contribution >= 0.6 is 57.1 Å². The summed E-state index contributed by atoms with van der Waals surface area (Å²) in [6, 6.07) is 51.7. The SMILES string of the molecule is CN(C)S(=O)(=O)Cc1cccc(N)c1.CN(C)S(=O)(=O)Cc1cccc(N)c1.CN(C)S(=O)(=O)Cc1cccc([N+](=O)[O-])c1.CNC.COc1ccccc1-c1cc(Cl)ncn1.COc1ccccc1-c1cc(Cl)ncn1.COc1ccccc1B(O)O.Clc1cc(Cl)ncn1.O=[N+]([O-])c1cccc(CS(=O)(=O)Cl)c1. The van der Waals surface area contributed by atoms with Crippen molar-refractivity contribution in [3.05, 3.63) is 270 Å². The lowest BCUT2D eigenvalue weighted by molar-refractivity contribution is -0.385. The van der Waals surface area contributed by atoms with E-state index >= 15 is 0 Å². The van der Waals surface area contributed by atoms with Crippen LogP contribution in [0.2, 0.25) is 20.6 Å². The fourth-order valence-electron chi connectivity index (χ4n) is 7.97. The molecule has 0 spiro atoms. The molecule has 0 bridgehead atoms. The van der Waals surface area contributed by atoms with Crippen LogP contribution in [0.3, 0.4) is 0 Å². The number of hydrogen-bond donors (Lipinski definition) is 5. The number of hydrogen-bond acceptors (Lipinski definition) is 26. The van der Waals surface area contributed by atoms with Crippen LogP contribution in [0.25, 0.3) is 22.5 Å². The molecule has 592 valence electrons. The number of benzene rings is 7. The van der Waals surface area contributed by atoms with Gasteiger partial charge in [-0.15, -0.1) is 0 Å². The molecule has 0 saturated heterocycles. The van der Waals surface area contributed by atoms with Crippen LogP contribution in [0.5, 0.6) is 17.2 Å². The lowest BCUT2D eigenvalue weighted by Crippen LogP contribution is -2.30. The van der Waals surface area contributed by atoms with Gasteiger partial charge in [0.05, 0.1) is 65.6 Å². The van der Waals surface area contributed by atoms with Crippen molar-refractivity contribution in [1.82, 2.24) is 48.1 Å². The van der Waals surface area contributed by atoms with Crippen molar-refractivity contribution >= 4 is 132 Å². The first-order valence-corrected chi connectivity index (χ1v) is 40.1. The maximum atomic E-state index is 11.5. The summed E-state index contributed by atoms with van der Waals surface area (Å²) in [4.78, 5) is 42.9. The number of nitro groups is 2. The summed E-state index contributed by atoms with van der Waals surface area (Å²) in [5, 5.41) is 42.8. The number of rotatable bonds is 19. The van der Waals surface area contributed by atoms with Gasteiger partial charge in [0.25, 0.3) is 11.4 Å². The van der Waals surface area contributed by atoms with Crippen LogP contribution in [0, 0.1) is 20.2 Å². The van der Waals surface area contributed by atoms with Gasteiger partial charge < -0.3 is 41.0 Å². The van der Waals surface area contributed by atoms with Gasteiger partial charge in [-0.1, -0.05) is 137 Å². The highest BCUT2D eigenvalue weighted by Gasteiger charge is 2.19. The Morgan fingerprint density at radius 1 is 0.427 bits per heavy atom. The number of nitrogens with two attached hydrogens (primary N) is 2. The van der Waals surface area contributed by atoms with Crippen molar-refractivity contribution in [3.8, 4) is 39.8 Å². The third kappa shape index (κ3) is 37.9. The van der Waals surface area contributed by atoms with E-state index in [4.69, 9.17) is 92.8 Å². The number of methoxy groups -OCH3 is 3. The summed E-state index contributed by atoms with van der Waals surface area (Å²) in [6.45, 7) is 0. The van der Waals surface area contributed by atoms with Gasteiger partial charge in [0.1, 0.15) is 56.8 Å². The van der Waals surface area contributed by atoms with Gasteiger partial charge in [-0.3, -0.25) is 20.2 Å². The average molecular weight is 1700 g/mol. The first-order valence-electron chi connectivity index (χ1n) is 31.3. The first kappa shape index (κ1) is 96.7. The van der Waals surface area contributed by atoms with Crippen LogP contribution in [0.4, 0.5) is 22.7 Å².